The summed E-state index contributed by atoms with van der Waals surface area (Å²) in [4.78, 5) is 13.2. The van der Waals surface area contributed by atoms with E-state index in [2.05, 4.69) is 14.7 Å². The van der Waals surface area contributed by atoms with E-state index in [4.69, 9.17) is 16.3 Å². The normalized spacial score (nSPS) is 11.2. The number of nitrogens with zero attached hydrogens (tertiary/aromatic N) is 4. The molecule has 0 aromatic carbocycles. The van der Waals surface area contributed by atoms with Gasteiger partial charge in [-0.3, -0.25) is 9.48 Å². The summed E-state index contributed by atoms with van der Waals surface area (Å²) in [7, 11) is 1.59. The first kappa shape index (κ1) is 15.1. The van der Waals surface area contributed by atoms with Crippen molar-refractivity contribution >= 4 is 28.9 Å². The van der Waals surface area contributed by atoms with Gasteiger partial charge in [0.2, 0.25) is 5.78 Å². The first-order chi connectivity index (χ1) is 9.56. The zero-order valence-electron chi connectivity index (χ0n) is 11.5. The topological polar surface area (TPSA) is 69.9 Å². The molecule has 0 saturated heterocycles. The van der Waals surface area contributed by atoms with Gasteiger partial charge in [-0.05, 0) is 17.5 Å². The van der Waals surface area contributed by atoms with Crippen molar-refractivity contribution in [3.05, 3.63) is 27.5 Å². The van der Waals surface area contributed by atoms with Crippen LogP contribution in [0.5, 0.6) is 0 Å². The molecule has 0 saturated carbocycles. The van der Waals surface area contributed by atoms with Crippen LogP contribution in [0.25, 0.3) is 0 Å². The lowest BCUT2D eigenvalue weighted by Gasteiger charge is -2.07. The Morgan fingerprint density at radius 1 is 1.55 bits per heavy atom. The van der Waals surface area contributed by atoms with Gasteiger partial charge in [-0.1, -0.05) is 29.9 Å². The Morgan fingerprint density at radius 3 is 2.95 bits per heavy atom. The molecule has 0 unspecified atom stereocenters. The highest BCUT2D eigenvalue weighted by atomic mass is 35.5. The Labute approximate surface area is 125 Å². The lowest BCUT2D eigenvalue weighted by atomic mass is 10.1. The number of halogens is 1. The van der Waals surface area contributed by atoms with E-state index in [-0.39, 0.29) is 11.7 Å². The van der Waals surface area contributed by atoms with Crippen LogP contribution in [-0.4, -0.2) is 38.9 Å². The molecule has 2 rings (SSSR count). The molecule has 0 aliphatic heterocycles. The second-order valence-corrected chi connectivity index (χ2v) is 5.69. The molecule has 8 heteroatoms. The van der Waals surface area contributed by atoms with E-state index in [1.165, 1.54) is 6.20 Å². The third kappa shape index (κ3) is 2.89. The maximum atomic E-state index is 12.6. The van der Waals surface area contributed by atoms with E-state index in [1.807, 2.05) is 13.8 Å². The van der Waals surface area contributed by atoms with Crippen LogP contribution >= 0.6 is 23.1 Å². The fourth-order valence-corrected chi connectivity index (χ4v) is 2.76. The molecule has 0 aliphatic carbocycles. The number of hydrogen-bond acceptors (Lipinski definition) is 6. The number of carbonyl (C=O) groups excluding carboxylic acids is 1. The van der Waals surface area contributed by atoms with E-state index in [1.54, 1.807) is 11.8 Å². The molecule has 108 valence electrons. The summed E-state index contributed by atoms with van der Waals surface area (Å²) in [6.45, 7) is 4.86. The molecule has 0 bridgehead atoms. The van der Waals surface area contributed by atoms with Crippen molar-refractivity contribution in [3.8, 4) is 0 Å². The van der Waals surface area contributed by atoms with Gasteiger partial charge in [0.1, 0.15) is 10.6 Å². The van der Waals surface area contributed by atoms with Crippen LogP contribution in [0.3, 0.4) is 0 Å². The summed E-state index contributed by atoms with van der Waals surface area (Å²) in [6, 6.07) is 0. The molecule has 20 heavy (non-hydrogen) atoms. The summed E-state index contributed by atoms with van der Waals surface area (Å²) < 4.78 is 10.4. The largest absolute Gasteiger partial charge is 0.383 e. The molecule has 2 heterocycles. The standard InChI is InChI=1S/C12H15ClN4O2S/c1-7(2)9-12(20-16-15-9)11(18)10-8(13)6-14-17(10)4-5-19-3/h6-7H,4-5H2,1-3H3. The van der Waals surface area contributed by atoms with Crippen molar-refractivity contribution in [1.29, 1.82) is 0 Å². The van der Waals surface area contributed by atoms with Crippen LogP contribution in [0.1, 0.15) is 40.8 Å². The summed E-state index contributed by atoms with van der Waals surface area (Å²) in [5.74, 6) is -0.0656. The van der Waals surface area contributed by atoms with Crippen LogP contribution < -0.4 is 0 Å². The van der Waals surface area contributed by atoms with Crippen molar-refractivity contribution in [2.24, 2.45) is 0 Å². The number of methoxy groups -OCH3 is 1. The highest BCUT2D eigenvalue weighted by Crippen LogP contribution is 2.26. The van der Waals surface area contributed by atoms with Crippen LogP contribution in [0.4, 0.5) is 0 Å². The van der Waals surface area contributed by atoms with Gasteiger partial charge in [0, 0.05) is 7.11 Å². The van der Waals surface area contributed by atoms with Crippen LogP contribution in [0.2, 0.25) is 5.02 Å². The zero-order chi connectivity index (χ0) is 14.7. The van der Waals surface area contributed by atoms with Crippen LogP contribution in [-0.2, 0) is 11.3 Å². The third-order valence-electron chi connectivity index (χ3n) is 2.78. The molecular weight excluding hydrogens is 300 g/mol. The molecular formula is C12H15ClN4O2S. The third-order valence-corrected chi connectivity index (χ3v) is 3.80. The van der Waals surface area contributed by atoms with E-state index in [0.717, 1.165) is 11.5 Å². The van der Waals surface area contributed by atoms with Gasteiger partial charge in [-0.2, -0.15) is 5.10 Å². The van der Waals surface area contributed by atoms with Gasteiger partial charge in [-0.15, -0.1) is 5.10 Å². The molecule has 6 nitrogen and oxygen atoms in total. The average molecular weight is 315 g/mol. The fourth-order valence-electron chi connectivity index (χ4n) is 1.78. The van der Waals surface area contributed by atoms with Crippen LogP contribution in [0.15, 0.2) is 6.20 Å². The maximum Gasteiger partial charge on any atom is 0.226 e. The number of rotatable bonds is 6. The molecule has 0 fully saturated rings. The number of ether oxygens (including phenoxy) is 1. The molecule has 0 radical (unpaired) electrons. The van der Waals surface area contributed by atoms with E-state index >= 15 is 0 Å². The van der Waals surface area contributed by atoms with Gasteiger partial charge >= 0.3 is 0 Å². The van der Waals surface area contributed by atoms with Crippen molar-refractivity contribution in [2.75, 3.05) is 13.7 Å². The molecule has 0 spiro atoms. The quantitative estimate of drug-likeness (QED) is 0.766. The van der Waals surface area contributed by atoms with Gasteiger partial charge < -0.3 is 4.74 Å². The summed E-state index contributed by atoms with van der Waals surface area (Å²) >= 11 is 7.17. The molecule has 2 aromatic heterocycles. The van der Waals surface area contributed by atoms with Gasteiger partial charge in [-0.25, -0.2) is 0 Å². The Bertz CT molecular complexity index is 608. The predicted octanol–water partition coefficient (Wildman–Crippen LogP) is 2.39. The summed E-state index contributed by atoms with van der Waals surface area (Å²) in [6.07, 6.45) is 1.47. The number of ketones is 1. The maximum absolute atomic E-state index is 12.6. The Kier molecular flexibility index (Phi) is 4.85. The lowest BCUT2D eigenvalue weighted by Crippen LogP contribution is -2.15. The van der Waals surface area contributed by atoms with Crippen molar-refractivity contribution in [2.45, 2.75) is 26.3 Å². The summed E-state index contributed by atoms with van der Waals surface area (Å²) in [5.41, 5.74) is 1.05. The highest BCUT2D eigenvalue weighted by Gasteiger charge is 2.25. The first-order valence-electron chi connectivity index (χ1n) is 6.13. The van der Waals surface area contributed by atoms with Crippen molar-refractivity contribution < 1.29 is 9.53 Å². The monoisotopic (exact) mass is 314 g/mol. The molecule has 0 aliphatic rings. The smallest absolute Gasteiger partial charge is 0.226 e. The minimum atomic E-state index is -0.192. The Hall–Kier alpha value is -1.31. The number of aromatic nitrogens is 4. The van der Waals surface area contributed by atoms with Gasteiger partial charge in [0.15, 0.2) is 0 Å². The van der Waals surface area contributed by atoms with Gasteiger partial charge in [0.05, 0.1) is 30.1 Å². The highest BCUT2D eigenvalue weighted by molar-refractivity contribution is 7.08. The van der Waals surface area contributed by atoms with E-state index in [9.17, 15) is 4.79 Å². The second kappa shape index (κ2) is 6.43. The molecule has 0 N–H and O–H groups in total. The van der Waals surface area contributed by atoms with E-state index in [0.29, 0.717) is 34.4 Å². The van der Waals surface area contributed by atoms with Crippen molar-refractivity contribution in [1.82, 2.24) is 19.4 Å². The average Bonchev–Trinajstić information content (AvgIpc) is 3.02. The summed E-state index contributed by atoms with van der Waals surface area (Å²) in [5, 5.41) is 8.45. The van der Waals surface area contributed by atoms with Crippen LogP contribution in [0, 0.1) is 0 Å². The SMILES string of the molecule is COCCn1ncc(Cl)c1C(=O)c1snnc1C(C)C. The van der Waals surface area contributed by atoms with E-state index < -0.39 is 0 Å². The number of carbonyl (C=O) groups is 1. The lowest BCUT2D eigenvalue weighted by molar-refractivity contribution is 0.102. The van der Waals surface area contributed by atoms with Gasteiger partial charge in [0.25, 0.3) is 0 Å². The molecule has 0 amide bonds. The first-order valence-corrected chi connectivity index (χ1v) is 7.28. The Morgan fingerprint density at radius 2 is 2.30 bits per heavy atom. The second-order valence-electron chi connectivity index (χ2n) is 4.53. The molecule has 2 aromatic rings. The number of hydrogen-bond donors (Lipinski definition) is 0. The minimum absolute atomic E-state index is 0.127. The Balaban J connectivity index is 2.38. The predicted molar refractivity (Wildman–Crippen MR) is 76.5 cm³/mol. The fraction of sp³-hybridized carbons (Fsp3) is 0.500. The zero-order valence-corrected chi connectivity index (χ0v) is 13.0. The van der Waals surface area contributed by atoms with Crippen molar-refractivity contribution in [3.63, 3.8) is 0 Å². The minimum Gasteiger partial charge on any atom is -0.383 e. The molecule has 0 atom stereocenters.